The highest BCUT2D eigenvalue weighted by Gasteiger charge is 2.20. The molecule has 3 rings (SSSR count). The average molecular weight is 371 g/mol. The van der Waals surface area contributed by atoms with Gasteiger partial charge < -0.3 is 9.64 Å². The van der Waals surface area contributed by atoms with Gasteiger partial charge in [0.1, 0.15) is 12.2 Å². The number of esters is 1. The minimum Gasteiger partial charge on any atom is -0.465 e. The van der Waals surface area contributed by atoms with Crippen LogP contribution in [0.1, 0.15) is 29.9 Å². The fourth-order valence-electron chi connectivity index (χ4n) is 2.66. The van der Waals surface area contributed by atoms with E-state index in [-0.39, 0.29) is 12.5 Å². The molecule has 26 heavy (non-hydrogen) atoms. The lowest BCUT2D eigenvalue weighted by molar-refractivity contribution is -0.143. The van der Waals surface area contributed by atoms with E-state index in [0.29, 0.717) is 12.3 Å². The van der Waals surface area contributed by atoms with Crippen molar-refractivity contribution in [1.82, 2.24) is 14.3 Å². The van der Waals surface area contributed by atoms with Crippen molar-refractivity contribution in [2.45, 2.75) is 20.3 Å². The normalized spacial score (nSPS) is 10.9. The largest absolute Gasteiger partial charge is 0.465 e. The van der Waals surface area contributed by atoms with E-state index in [1.54, 1.807) is 23.8 Å². The van der Waals surface area contributed by atoms with E-state index in [0.717, 1.165) is 22.6 Å². The molecule has 0 saturated carbocycles. The SMILES string of the molecule is CCOC(=O)CN(C)C(=O)c1csc2nc(-c3ccc(CC)cc3)cn12. The molecule has 0 aliphatic heterocycles. The number of imidazole rings is 1. The molecular weight excluding hydrogens is 350 g/mol. The van der Waals surface area contributed by atoms with Gasteiger partial charge in [0.2, 0.25) is 0 Å². The van der Waals surface area contributed by atoms with E-state index in [9.17, 15) is 9.59 Å². The summed E-state index contributed by atoms with van der Waals surface area (Å²) in [5.74, 6) is -0.660. The number of ether oxygens (including phenoxy) is 1. The van der Waals surface area contributed by atoms with Crippen molar-refractivity contribution in [3.8, 4) is 11.3 Å². The van der Waals surface area contributed by atoms with E-state index in [1.807, 2.05) is 18.3 Å². The molecule has 0 spiro atoms. The Kier molecular flexibility index (Phi) is 5.37. The zero-order chi connectivity index (χ0) is 18.7. The topological polar surface area (TPSA) is 63.9 Å². The lowest BCUT2D eigenvalue weighted by atomic mass is 10.1. The zero-order valence-electron chi connectivity index (χ0n) is 15.1. The molecule has 0 saturated heterocycles. The minimum absolute atomic E-state index is 0.0793. The van der Waals surface area contributed by atoms with E-state index < -0.39 is 5.97 Å². The first kappa shape index (κ1) is 18.1. The number of fused-ring (bicyclic) bond motifs is 1. The summed E-state index contributed by atoms with van der Waals surface area (Å²) in [5, 5.41) is 1.76. The fourth-order valence-corrected chi connectivity index (χ4v) is 3.50. The molecule has 0 radical (unpaired) electrons. The Hall–Kier alpha value is -2.67. The Labute approximate surface area is 156 Å². The van der Waals surface area contributed by atoms with E-state index in [1.165, 1.54) is 21.8 Å². The third kappa shape index (κ3) is 3.62. The zero-order valence-corrected chi connectivity index (χ0v) is 15.9. The van der Waals surface area contributed by atoms with Crippen LogP contribution < -0.4 is 0 Å². The third-order valence-corrected chi connectivity index (χ3v) is 4.94. The molecule has 2 aromatic heterocycles. The number of aryl methyl sites for hydroxylation is 1. The molecule has 3 aromatic rings. The maximum Gasteiger partial charge on any atom is 0.325 e. The Morgan fingerprint density at radius 2 is 1.96 bits per heavy atom. The predicted octanol–water partition coefficient (Wildman–Crippen LogP) is 3.26. The van der Waals surface area contributed by atoms with Gasteiger partial charge in [0.05, 0.1) is 12.3 Å². The Morgan fingerprint density at radius 3 is 2.62 bits per heavy atom. The third-order valence-electron chi connectivity index (χ3n) is 4.10. The van der Waals surface area contributed by atoms with Crippen molar-refractivity contribution in [3.05, 3.63) is 47.1 Å². The van der Waals surface area contributed by atoms with Crippen LogP contribution in [0, 0.1) is 0 Å². The van der Waals surface area contributed by atoms with Crippen LogP contribution in [0.5, 0.6) is 0 Å². The molecule has 136 valence electrons. The van der Waals surface area contributed by atoms with Crippen LogP contribution in [-0.4, -0.2) is 46.4 Å². The van der Waals surface area contributed by atoms with Crippen LogP contribution in [0.25, 0.3) is 16.2 Å². The lowest BCUT2D eigenvalue weighted by Crippen LogP contribution is -2.33. The summed E-state index contributed by atoms with van der Waals surface area (Å²) < 4.78 is 6.67. The summed E-state index contributed by atoms with van der Waals surface area (Å²) in [6.07, 6.45) is 2.85. The van der Waals surface area contributed by atoms with Gasteiger partial charge in [0.15, 0.2) is 4.96 Å². The standard InChI is InChI=1S/C19H21N3O3S/c1-4-13-6-8-14(9-7-13)15-10-22-16(12-26-19(22)20-15)18(24)21(3)11-17(23)25-5-2/h6-10,12H,4-5,11H2,1-3H3. The number of benzene rings is 1. The number of nitrogens with zero attached hydrogens (tertiary/aromatic N) is 3. The molecule has 0 aliphatic carbocycles. The van der Waals surface area contributed by atoms with Crippen LogP contribution in [0.4, 0.5) is 0 Å². The first-order valence-corrected chi connectivity index (χ1v) is 9.38. The van der Waals surface area contributed by atoms with Gasteiger partial charge in [-0.15, -0.1) is 11.3 Å². The number of amides is 1. The summed E-state index contributed by atoms with van der Waals surface area (Å²) in [4.78, 5) is 31.0. The molecule has 7 heteroatoms. The van der Waals surface area contributed by atoms with Gasteiger partial charge in [-0.05, 0) is 18.9 Å². The monoisotopic (exact) mass is 371 g/mol. The number of carbonyl (C=O) groups is 2. The van der Waals surface area contributed by atoms with Crippen molar-refractivity contribution in [1.29, 1.82) is 0 Å². The second-order valence-corrected chi connectivity index (χ2v) is 6.75. The van der Waals surface area contributed by atoms with Gasteiger partial charge in [-0.1, -0.05) is 31.2 Å². The van der Waals surface area contributed by atoms with E-state index in [2.05, 4.69) is 24.0 Å². The average Bonchev–Trinajstić information content (AvgIpc) is 3.22. The summed E-state index contributed by atoms with van der Waals surface area (Å²) in [5.41, 5.74) is 3.59. The van der Waals surface area contributed by atoms with E-state index >= 15 is 0 Å². The van der Waals surface area contributed by atoms with Crippen LogP contribution in [-0.2, 0) is 16.0 Å². The molecule has 0 aliphatic rings. The number of aromatic nitrogens is 2. The molecule has 1 aromatic carbocycles. The molecule has 0 fully saturated rings. The van der Waals surface area contributed by atoms with Gasteiger partial charge in [-0.25, -0.2) is 4.98 Å². The van der Waals surface area contributed by atoms with Crippen molar-refractivity contribution in [3.63, 3.8) is 0 Å². The van der Waals surface area contributed by atoms with Crippen LogP contribution >= 0.6 is 11.3 Å². The summed E-state index contributed by atoms with van der Waals surface area (Å²) >= 11 is 1.40. The maximum atomic E-state index is 12.7. The molecule has 2 heterocycles. The van der Waals surface area contributed by atoms with Gasteiger partial charge >= 0.3 is 5.97 Å². The van der Waals surface area contributed by atoms with Crippen LogP contribution in [0.2, 0.25) is 0 Å². The first-order chi connectivity index (χ1) is 12.5. The number of hydrogen-bond acceptors (Lipinski definition) is 5. The van der Waals surface area contributed by atoms with Crippen molar-refractivity contribution in [2.75, 3.05) is 20.2 Å². The summed E-state index contributed by atoms with van der Waals surface area (Å²) in [6.45, 7) is 4.07. The molecule has 0 bridgehead atoms. The Bertz CT molecular complexity index is 927. The summed E-state index contributed by atoms with van der Waals surface area (Å²) in [6, 6.07) is 8.25. The Balaban J connectivity index is 1.84. The molecule has 0 atom stereocenters. The van der Waals surface area contributed by atoms with Crippen LogP contribution in [0.15, 0.2) is 35.8 Å². The minimum atomic E-state index is -0.419. The molecular formula is C19H21N3O3S. The number of likely N-dealkylation sites (N-methyl/N-ethyl adjacent to an activating group) is 1. The van der Waals surface area contributed by atoms with Crippen molar-refractivity contribution < 1.29 is 14.3 Å². The Morgan fingerprint density at radius 1 is 1.23 bits per heavy atom. The maximum absolute atomic E-state index is 12.7. The highest BCUT2D eigenvalue weighted by Crippen LogP contribution is 2.24. The highest BCUT2D eigenvalue weighted by molar-refractivity contribution is 7.15. The second kappa shape index (κ2) is 7.70. The second-order valence-electron chi connectivity index (χ2n) is 5.92. The number of rotatable bonds is 6. The highest BCUT2D eigenvalue weighted by atomic mass is 32.1. The first-order valence-electron chi connectivity index (χ1n) is 8.50. The van der Waals surface area contributed by atoms with Crippen molar-refractivity contribution >= 4 is 28.2 Å². The number of carbonyl (C=O) groups excluding carboxylic acids is 2. The van der Waals surface area contributed by atoms with Gasteiger partial charge in [0.25, 0.3) is 5.91 Å². The molecule has 0 N–H and O–H groups in total. The quantitative estimate of drug-likeness (QED) is 0.624. The molecule has 0 unspecified atom stereocenters. The fraction of sp³-hybridized carbons (Fsp3) is 0.316. The molecule has 6 nitrogen and oxygen atoms in total. The smallest absolute Gasteiger partial charge is 0.325 e. The number of thiazole rings is 1. The summed E-state index contributed by atoms with van der Waals surface area (Å²) in [7, 11) is 1.59. The predicted molar refractivity (Wildman–Crippen MR) is 101 cm³/mol. The van der Waals surface area contributed by atoms with Crippen LogP contribution in [0.3, 0.4) is 0 Å². The van der Waals surface area contributed by atoms with Gasteiger partial charge in [0, 0.05) is 24.2 Å². The number of hydrogen-bond donors (Lipinski definition) is 0. The van der Waals surface area contributed by atoms with Gasteiger partial charge in [-0.3, -0.25) is 14.0 Å². The van der Waals surface area contributed by atoms with Crippen molar-refractivity contribution in [2.24, 2.45) is 0 Å². The van der Waals surface area contributed by atoms with E-state index in [4.69, 9.17) is 4.74 Å². The lowest BCUT2D eigenvalue weighted by Gasteiger charge is -2.15. The molecule has 1 amide bonds. The van der Waals surface area contributed by atoms with Gasteiger partial charge in [-0.2, -0.15) is 0 Å².